The highest BCUT2D eigenvalue weighted by atomic mass is 32.2. The summed E-state index contributed by atoms with van der Waals surface area (Å²) >= 11 is 0. The van der Waals surface area contributed by atoms with Gasteiger partial charge in [0.1, 0.15) is 11.4 Å². The molecule has 0 saturated carbocycles. The lowest BCUT2D eigenvalue weighted by atomic mass is 9.96. The number of aromatic nitrogens is 1. The number of hydrogen-bond donors (Lipinski definition) is 1. The monoisotopic (exact) mass is 605 g/mol. The van der Waals surface area contributed by atoms with E-state index >= 15 is 0 Å². The molecule has 1 amide bonds. The third-order valence-electron chi connectivity index (χ3n) is 8.41. The summed E-state index contributed by atoms with van der Waals surface area (Å²) in [5.41, 5.74) is 4.07. The molecule has 0 radical (unpaired) electrons. The quantitative estimate of drug-likeness (QED) is 0.332. The van der Waals surface area contributed by atoms with Crippen LogP contribution in [0.4, 0.5) is 0 Å². The molecule has 0 aliphatic carbocycles. The van der Waals surface area contributed by atoms with Crippen LogP contribution in [0.15, 0.2) is 77.7 Å². The van der Waals surface area contributed by atoms with Crippen molar-refractivity contribution in [3.8, 4) is 16.9 Å². The van der Waals surface area contributed by atoms with E-state index in [0.717, 1.165) is 27.6 Å². The summed E-state index contributed by atoms with van der Waals surface area (Å²) in [7, 11) is 1.06. The van der Waals surface area contributed by atoms with Crippen molar-refractivity contribution in [2.24, 2.45) is 13.0 Å². The van der Waals surface area contributed by atoms with E-state index in [-0.39, 0.29) is 43.0 Å². The van der Waals surface area contributed by atoms with Crippen molar-refractivity contribution in [1.29, 1.82) is 0 Å². The zero-order chi connectivity index (χ0) is 30.9. The van der Waals surface area contributed by atoms with Crippen LogP contribution in [0.2, 0.25) is 0 Å². The summed E-state index contributed by atoms with van der Waals surface area (Å²) in [5.74, 6) is -0.0240. The maximum atomic E-state index is 14.5. The molecule has 1 aliphatic rings. The second-order valence-electron chi connectivity index (χ2n) is 11.2. The number of ether oxygens (including phenoxy) is 2. The molecular weight excluding hydrogens is 566 g/mol. The van der Waals surface area contributed by atoms with Crippen LogP contribution in [0, 0.1) is 5.92 Å². The highest BCUT2D eigenvalue weighted by Crippen LogP contribution is 2.38. The highest BCUT2D eigenvalue weighted by Gasteiger charge is 2.35. The molecule has 0 saturated heterocycles. The van der Waals surface area contributed by atoms with Crippen molar-refractivity contribution in [3.05, 3.63) is 84.1 Å². The molecule has 3 aromatic carbocycles. The standard InChI is InChI=1S/C33H39N3O6S/c1-22-18-36(23(2)20-37)33(38)32-31(28-15-8-9-16-29(28)35(32)4)27-14-7-6-11-24(27)21-42-30(22)19-34(3)43(39,40)26-13-10-12-25(17-26)41-5/h6-17,22-23,30,37H,18-21H2,1-5H3/t22-,23+,30+/m1/s1. The first kappa shape index (κ1) is 30.7. The number of para-hydroxylation sites is 1. The van der Waals surface area contributed by atoms with Gasteiger partial charge in [-0.15, -0.1) is 0 Å². The number of aliphatic hydroxyl groups excluding tert-OH is 1. The number of rotatable bonds is 7. The van der Waals surface area contributed by atoms with Crippen molar-refractivity contribution in [2.45, 2.75) is 37.5 Å². The molecule has 5 rings (SSSR count). The lowest BCUT2D eigenvalue weighted by molar-refractivity contribution is -0.0147. The first-order valence-electron chi connectivity index (χ1n) is 14.4. The third-order valence-corrected chi connectivity index (χ3v) is 10.2. The largest absolute Gasteiger partial charge is 0.497 e. The molecule has 3 atom stereocenters. The Morgan fingerprint density at radius 3 is 2.56 bits per heavy atom. The fourth-order valence-electron chi connectivity index (χ4n) is 5.82. The average Bonchev–Trinajstić information content (AvgIpc) is 3.31. The lowest BCUT2D eigenvalue weighted by Gasteiger charge is -2.35. The van der Waals surface area contributed by atoms with Crippen LogP contribution in [0.5, 0.6) is 5.75 Å². The number of sulfonamides is 1. The smallest absolute Gasteiger partial charge is 0.271 e. The summed E-state index contributed by atoms with van der Waals surface area (Å²) in [6.45, 7) is 4.10. The molecule has 1 aliphatic heterocycles. The predicted octanol–water partition coefficient (Wildman–Crippen LogP) is 4.53. The molecule has 43 heavy (non-hydrogen) atoms. The van der Waals surface area contributed by atoms with Crippen LogP contribution in [-0.2, 0) is 28.4 Å². The molecular formula is C33H39N3O6S. The third kappa shape index (κ3) is 5.80. The van der Waals surface area contributed by atoms with Gasteiger partial charge in [-0.3, -0.25) is 4.79 Å². The number of fused-ring (bicyclic) bond motifs is 5. The van der Waals surface area contributed by atoms with E-state index in [2.05, 4.69) is 0 Å². The zero-order valence-corrected chi connectivity index (χ0v) is 26.0. The number of aryl methyl sites for hydroxylation is 1. The molecule has 9 nitrogen and oxygen atoms in total. The molecule has 228 valence electrons. The molecule has 0 fully saturated rings. The maximum Gasteiger partial charge on any atom is 0.271 e. The molecule has 10 heteroatoms. The Morgan fingerprint density at radius 2 is 1.81 bits per heavy atom. The summed E-state index contributed by atoms with van der Waals surface area (Å²) in [4.78, 5) is 16.3. The Balaban J connectivity index is 1.59. The number of amides is 1. The second kappa shape index (κ2) is 12.5. The Labute approximate surface area is 253 Å². The van der Waals surface area contributed by atoms with E-state index in [1.807, 2.05) is 74.0 Å². The van der Waals surface area contributed by atoms with Crippen molar-refractivity contribution in [3.63, 3.8) is 0 Å². The molecule has 1 N–H and O–H groups in total. The summed E-state index contributed by atoms with van der Waals surface area (Å²) in [6.07, 6.45) is -0.558. The van der Waals surface area contributed by atoms with Gasteiger partial charge in [0.15, 0.2) is 0 Å². The van der Waals surface area contributed by atoms with Gasteiger partial charge in [0.05, 0.1) is 37.4 Å². The van der Waals surface area contributed by atoms with Gasteiger partial charge in [0.25, 0.3) is 5.91 Å². The topological polar surface area (TPSA) is 101 Å². The molecule has 0 spiro atoms. The number of benzene rings is 3. The summed E-state index contributed by atoms with van der Waals surface area (Å²) in [5, 5.41) is 11.2. The van der Waals surface area contributed by atoms with E-state index in [9.17, 15) is 18.3 Å². The number of aliphatic hydroxyl groups is 1. The lowest BCUT2D eigenvalue weighted by Crippen LogP contribution is -2.48. The normalized spacial score (nSPS) is 18.7. The number of nitrogens with zero attached hydrogens (tertiary/aromatic N) is 3. The molecule has 2 heterocycles. The number of carbonyl (C=O) groups is 1. The summed E-state index contributed by atoms with van der Waals surface area (Å²) in [6, 6.07) is 21.7. The van der Waals surface area contributed by atoms with Crippen LogP contribution in [0.25, 0.3) is 22.0 Å². The minimum atomic E-state index is -3.86. The molecule has 0 unspecified atom stereocenters. The first-order valence-corrected chi connectivity index (χ1v) is 15.8. The van der Waals surface area contributed by atoms with Crippen molar-refractivity contribution in [1.82, 2.24) is 13.8 Å². The number of likely N-dealkylation sites (N-methyl/N-ethyl adjacent to an activating group) is 1. The van der Waals surface area contributed by atoms with E-state index in [1.54, 1.807) is 17.0 Å². The highest BCUT2D eigenvalue weighted by molar-refractivity contribution is 7.89. The Kier molecular flexibility index (Phi) is 8.94. The van der Waals surface area contributed by atoms with Gasteiger partial charge < -0.3 is 24.0 Å². The summed E-state index contributed by atoms with van der Waals surface area (Å²) < 4.78 is 42.2. The first-order chi connectivity index (χ1) is 20.6. The van der Waals surface area contributed by atoms with Crippen LogP contribution in [-0.4, -0.2) is 79.2 Å². The van der Waals surface area contributed by atoms with Crippen molar-refractivity contribution >= 4 is 26.8 Å². The van der Waals surface area contributed by atoms with Gasteiger partial charge in [-0.2, -0.15) is 4.31 Å². The molecule has 1 aromatic heterocycles. The van der Waals surface area contributed by atoms with E-state index in [4.69, 9.17) is 9.47 Å². The van der Waals surface area contributed by atoms with Gasteiger partial charge >= 0.3 is 0 Å². The number of carbonyl (C=O) groups excluding carboxylic acids is 1. The van der Waals surface area contributed by atoms with Crippen LogP contribution >= 0.6 is 0 Å². The van der Waals surface area contributed by atoms with Crippen LogP contribution in [0.3, 0.4) is 0 Å². The average molecular weight is 606 g/mol. The van der Waals surface area contributed by atoms with Gasteiger partial charge in [0, 0.05) is 55.6 Å². The van der Waals surface area contributed by atoms with E-state index < -0.39 is 22.2 Å². The second-order valence-corrected chi connectivity index (χ2v) is 13.3. The van der Waals surface area contributed by atoms with Gasteiger partial charge in [-0.1, -0.05) is 55.5 Å². The fourth-order valence-corrected chi connectivity index (χ4v) is 7.04. The van der Waals surface area contributed by atoms with E-state index in [1.165, 1.54) is 30.6 Å². The van der Waals surface area contributed by atoms with E-state index in [0.29, 0.717) is 11.4 Å². The Morgan fingerprint density at radius 1 is 1.09 bits per heavy atom. The predicted molar refractivity (Wildman–Crippen MR) is 166 cm³/mol. The minimum absolute atomic E-state index is 0.0638. The van der Waals surface area contributed by atoms with Crippen LogP contribution < -0.4 is 4.74 Å². The van der Waals surface area contributed by atoms with Crippen molar-refractivity contribution < 1.29 is 27.8 Å². The Bertz CT molecular complexity index is 1730. The van der Waals surface area contributed by atoms with Crippen LogP contribution in [0.1, 0.15) is 29.9 Å². The fraction of sp³-hybridized carbons (Fsp3) is 0.364. The maximum absolute atomic E-state index is 14.5. The van der Waals surface area contributed by atoms with Gasteiger partial charge in [-0.05, 0) is 36.2 Å². The molecule has 0 bridgehead atoms. The minimum Gasteiger partial charge on any atom is -0.497 e. The molecule has 4 aromatic rings. The number of methoxy groups -OCH3 is 1. The zero-order valence-electron chi connectivity index (χ0n) is 25.2. The van der Waals surface area contributed by atoms with Gasteiger partial charge in [-0.25, -0.2) is 8.42 Å². The SMILES string of the molecule is COc1cccc(S(=O)(=O)N(C)C[C@@H]2OCc3ccccc3-c3c(n(C)c4ccccc34)C(=O)N([C@@H](C)CO)C[C@H]2C)c1. The Hall–Kier alpha value is -3.70. The number of hydrogen-bond acceptors (Lipinski definition) is 6. The van der Waals surface area contributed by atoms with Crippen molar-refractivity contribution in [2.75, 3.05) is 33.9 Å². The van der Waals surface area contributed by atoms with Gasteiger partial charge in [0.2, 0.25) is 10.0 Å².